The Morgan fingerprint density at radius 1 is 1.67 bits per heavy atom. The van der Waals surface area contributed by atoms with Crippen molar-refractivity contribution in [2.75, 3.05) is 6.54 Å². The van der Waals surface area contributed by atoms with Crippen LogP contribution in [0.4, 0.5) is 0 Å². The van der Waals surface area contributed by atoms with E-state index in [0.29, 0.717) is 6.54 Å². The molecule has 1 N–H and O–H groups in total. The lowest BCUT2D eigenvalue weighted by Crippen LogP contribution is -2.35. The molecule has 0 fully saturated rings. The number of nitrogens with zero attached hydrogens (tertiary/aromatic N) is 1. The number of carboxylic acids is 1. The van der Waals surface area contributed by atoms with Crippen LogP contribution in [0.15, 0.2) is 21.2 Å². The summed E-state index contributed by atoms with van der Waals surface area (Å²) in [5.74, 6) is -0.0728. The van der Waals surface area contributed by atoms with Crippen LogP contribution in [0.2, 0.25) is 0 Å². The van der Waals surface area contributed by atoms with Gasteiger partial charge in [0.05, 0.1) is 23.8 Å². The molecule has 0 saturated heterocycles. The molecule has 84 valence electrons. The molecule has 0 bridgehead atoms. The van der Waals surface area contributed by atoms with Gasteiger partial charge in [-0.25, -0.2) is 0 Å². The SMILES string of the molecule is CC(C)N(CC(=O)O)Cc1occc1Br. The Morgan fingerprint density at radius 3 is 2.73 bits per heavy atom. The summed E-state index contributed by atoms with van der Waals surface area (Å²) in [6.07, 6.45) is 1.58. The van der Waals surface area contributed by atoms with Crippen molar-refractivity contribution in [3.63, 3.8) is 0 Å². The summed E-state index contributed by atoms with van der Waals surface area (Å²) in [5, 5.41) is 8.75. The van der Waals surface area contributed by atoms with E-state index in [-0.39, 0.29) is 12.6 Å². The summed E-state index contributed by atoms with van der Waals surface area (Å²) in [4.78, 5) is 12.5. The zero-order valence-corrected chi connectivity index (χ0v) is 10.3. The van der Waals surface area contributed by atoms with Crippen molar-refractivity contribution >= 4 is 21.9 Å². The van der Waals surface area contributed by atoms with Crippen LogP contribution in [-0.2, 0) is 11.3 Å². The Morgan fingerprint density at radius 2 is 2.33 bits per heavy atom. The molecule has 0 aromatic carbocycles. The van der Waals surface area contributed by atoms with E-state index < -0.39 is 5.97 Å². The summed E-state index contributed by atoms with van der Waals surface area (Å²) < 4.78 is 6.12. The first-order valence-electron chi connectivity index (χ1n) is 4.68. The minimum Gasteiger partial charge on any atom is -0.480 e. The Balaban J connectivity index is 2.67. The van der Waals surface area contributed by atoms with Crippen molar-refractivity contribution in [3.05, 3.63) is 22.6 Å². The van der Waals surface area contributed by atoms with Crippen molar-refractivity contribution in [1.29, 1.82) is 0 Å². The Kier molecular flexibility index (Phi) is 4.35. The highest BCUT2D eigenvalue weighted by Gasteiger charge is 2.16. The molecular formula is C10H14BrNO3. The van der Waals surface area contributed by atoms with E-state index in [1.165, 1.54) is 0 Å². The van der Waals surface area contributed by atoms with Crippen LogP contribution in [0.3, 0.4) is 0 Å². The summed E-state index contributed by atoms with van der Waals surface area (Å²) >= 11 is 3.34. The fourth-order valence-electron chi connectivity index (χ4n) is 1.22. The lowest BCUT2D eigenvalue weighted by molar-refractivity contribution is -0.139. The number of carboxylic acid groups (broad SMARTS) is 1. The van der Waals surface area contributed by atoms with Gasteiger partial charge in [-0.3, -0.25) is 9.69 Å². The molecule has 1 aromatic heterocycles. The Bertz CT molecular complexity index is 335. The van der Waals surface area contributed by atoms with Crippen molar-refractivity contribution in [3.8, 4) is 0 Å². The number of carbonyl (C=O) groups is 1. The summed E-state index contributed by atoms with van der Waals surface area (Å²) in [5.41, 5.74) is 0. The lowest BCUT2D eigenvalue weighted by Gasteiger charge is -2.23. The van der Waals surface area contributed by atoms with Gasteiger partial charge < -0.3 is 9.52 Å². The van der Waals surface area contributed by atoms with Gasteiger partial charge in [-0.2, -0.15) is 0 Å². The first-order chi connectivity index (χ1) is 7.00. The third-order valence-electron chi connectivity index (χ3n) is 2.11. The van der Waals surface area contributed by atoms with Gasteiger partial charge in [-0.05, 0) is 35.8 Å². The molecule has 0 radical (unpaired) electrons. The molecule has 5 heteroatoms. The lowest BCUT2D eigenvalue weighted by atomic mass is 10.3. The summed E-state index contributed by atoms with van der Waals surface area (Å²) in [6.45, 7) is 4.43. The van der Waals surface area contributed by atoms with Gasteiger partial charge >= 0.3 is 5.97 Å². The van der Waals surface area contributed by atoms with Crippen molar-refractivity contribution < 1.29 is 14.3 Å². The highest BCUT2D eigenvalue weighted by atomic mass is 79.9. The van der Waals surface area contributed by atoms with E-state index in [1.54, 1.807) is 12.3 Å². The van der Waals surface area contributed by atoms with Crippen molar-refractivity contribution in [2.24, 2.45) is 0 Å². The monoisotopic (exact) mass is 275 g/mol. The molecule has 0 aliphatic carbocycles. The van der Waals surface area contributed by atoms with Gasteiger partial charge in [0, 0.05) is 6.04 Å². The number of aliphatic carboxylic acids is 1. The molecule has 4 nitrogen and oxygen atoms in total. The summed E-state index contributed by atoms with van der Waals surface area (Å²) in [7, 11) is 0. The van der Waals surface area contributed by atoms with Crippen LogP contribution in [0, 0.1) is 0 Å². The molecule has 0 amide bonds. The normalized spacial score (nSPS) is 11.3. The van der Waals surface area contributed by atoms with Gasteiger partial charge in [0.25, 0.3) is 0 Å². The van der Waals surface area contributed by atoms with Gasteiger partial charge in [0.2, 0.25) is 0 Å². The average Bonchev–Trinajstić information content (AvgIpc) is 2.50. The second kappa shape index (κ2) is 5.32. The maximum Gasteiger partial charge on any atom is 0.317 e. The third-order valence-corrected chi connectivity index (χ3v) is 2.81. The van der Waals surface area contributed by atoms with E-state index in [4.69, 9.17) is 9.52 Å². The summed E-state index contributed by atoms with van der Waals surface area (Å²) in [6, 6.07) is 1.97. The van der Waals surface area contributed by atoms with E-state index in [9.17, 15) is 4.79 Å². The number of halogens is 1. The Labute approximate surface area is 97.0 Å². The molecule has 15 heavy (non-hydrogen) atoms. The van der Waals surface area contributed by atoms with E-state index in [1.807, 2.05) is 18.7 Å². The first-order valence-corrected chi connectivity index (χ1v) is 5.47. The van der Waals surface area contributed by atoms with Gasteiger partial charge in [-0.1, -0.05) is 0 Å². The van der Waals surface area contributed by atoms with Crippen molar-refractivity contribution in [2.45, 2.75) is 26.4 Å². The number of hydrogen-bond donors (Lipinski definition) is 1. The van der Waals surface area contributed by atoms with E-state index in [0.717, 1.165) is 10.2 Å². The number of hydrogen-bond acceptors (Lipinski definition) is 3. The highest BCUT2D eigenvalue weighted by molar-refractivity contribution is 9.10. The zero-order valence-electron chi connectivity index (χ0n) is 8.74. The molecule has 1 aromatic rings. The molecular weight excluding hydrogens is 262 g/mol. The number of rotatable bonds is 5. The predicted octanol–water partition coefficient (Wildman–Crippen LogP) is 2.34. The first kappa shape index (κ1) is 12.3. The predicted molar refractivity (Wildman–Crippen MR) is 59.6 cm³/mol. The van der Waals surface area contributed by atoms with E-state index in [2.05, 4.69) is 15.9 Å². The molecule has 0 unspecified atom stereocenters. The van der Waals surface area contributed by atoms with E-state index >= 15 is 0 Å². The van der Waals surface area contributed by atoms with Crippen LogP contribution < -0.4 is 0 Å². The standard InChI is InChI=1S/C10H14BrNO3/c1-7(2)12(6-10(13)14)5-9-8(11)3-4-15-9/h3-4,7H,5-6H2,1-2H3,(H,13,14). The quantitative estimate of drug-likeness (QED) is 0.896. The fourth-order valence-corrected chi connectivity index (χ4v) is 1.54. The maximum atomic E-state index is 10.6. The van der Waals surface area contributed by atoms with Crippen molar-refractivity contribution in [1.82, 2.24) is 4.90 Å². The van der Waals surface area contributed by atoms with Crippen LogP contribution in [0.5, 0.6) is 0 Å². The van der Waals surface area contributed by atoms with Crippen LogP contribution >= 0.6 is 15.9 Å². The fraction of sp³-hybridized carbons (Fsp3) is 0.500. The topological polar surface area (TPSA) is 53.7 Å². The van der Waals surface area contributed by atoms with Gasteiger partial charge in [-0.15, -0.1) is 0 Å². The third kappa shape index (κ3) is 3.68. The largest absolute Gasteiger partial charge is 0.480 e. The second-order valence-electron chi connectivity index (χ2n) is 3.58. The molecule has 0 saturated carbocycles. The molecule has 0 atom stereocenters. The highest BCUT2D eigenvalue weighted by Crippen LogP contribution is 2.20. The average molecular weight is 276 g/mol. The number of furan rings is 1. The minimum atomic E-state index is -0.827. The molecule has 0 spiro atoms. The second-order valence-corrected chi connectivity index (χ2v) is 4.44. The van der Waals surface area contributed by atoms with Crippen LogP contribution in [0.1, 0.15) is 19.6 Å². The zero-order chi connectivity index (χ0) is 11.4. The smallest absolute Gasteiger partial charge is 0.317 e. The Hall–Kier alpha value is -0.810. The minimum absolute atomic E-state index is 0.0187. The molecule has 0 aliphatic rings. The van der Waals surface area contributed by atoms with Crippen LogP contribution in [-0.4, -0.2) is 28.6 Å². The molecule has 0 aliphatic heterocycles. The van der Waals surface area contributed by atoms with Gasteiger partial charge in [0.15, 0.2) is 0 Å². The van der Waals surface area contributed by atoms with Gasteiger partial charge in [0.1, 0.15) is 5.76 Å². The maximum absolute atomic E-state index is 10.6. The van der Waals surface area contributed by atoms with Crippen LogP contribution in [0.25, 0.3) is 0 Å². The molecule has 1 rings (SSSR count). The molecule has 1 heterocycles.